The van der Waals surface area contributed by atoms with Crippen LogP contribution in [0.1, 0.15) is 47.6 Å². The molecule has 1 unspecified atom stereocenters. The maximum absolute atomic E-state index is 14.8. The van der Waals surface area contributed by atoms with Gasteiger partial charge in [0.15, 0.2) is 0 Å². The molecule has 2 aromatic rings. The van der Waals surface area contributed by atoms with Gasteiger partial charge in [-0.3, -0.25) is 9.59 Å². The Hall–Kier alpha value is -3.67. The van der Waals surface area contributed by atoms with Crippen molar-refractivity contribution < 1.29 is 19.1 Å². The number of nitrogens with zero attached hydrogens (tertiary/aromatic N) is 2. The normalized spacial score (nSPS) is 14.2. The van der Waals surface area contributed by atoms with Gasteiger partial charge in [0.25, 0.3) is 0 Å². The zero-order valence-electron chi connectivity index (χ0n) is 21.3. The summed E-state index contributed by atoms with van der Waals surface area (Å²) in [5, 5.41) is 9.53. The number of phenols is 1. The van der Waals surface area contributed by atoms with Crippen molar-refractivity contribution in [1.29, 1.82) is 0 Å². The molecule has 0 heterocycles. The summed E-state index contributed by atoms with van der Waals surface area (Å²) in [7, 11) is 1.68. The lowest BCUT2D eigenvalue weighted by Gasteiger charge is -2.35. The van der Waals surface area contributed by atoms with Crippen molar-refractivity contribution >= 4 is 11.8 Å². The van der Waals surface area contributed by atoms with E-state index in [2.05, 4.69) is 13.2 Å². The van der Waals surface area contributed by atoms with Crippen LogP contribution in [0.25, 0.3) is 0 Å². The van der Waals surface area contributed by atoms with Crippen LogP contribution in [0, 0.1) is 19.7 Å². The van der Waals surface area contributed by atoms with E-state index in [9.17, 15) is 19.1 Å². The van der Waals surface area contributed by atoms with Crippen LogP contribution in [0.4, 0.5) is 4.39 Å². The van der Waals surface area contributed by atoms with E-state index in [1.54, 1.807) is 72.3 Å². The molecule has 5 nitrogen and oxygen atoms in total. The van der Waals surface area contributed by atoms with Gasteiger partial charge in [0.1, 0.15) is 17.6 Å². The third kappa shape index (κ3) is 6.51. The van der Waals surface area contributed by atoms with Crippen molar-refractivity contribution in [3.63, 3.8) is 0 Å². The second-order valence-corrected chi connectivity index (χ2v) is 9.43. The van der Waals surface area contributed by atoms with E-state index in [1.165, 1.54) is 6.07 Å². The Morgan fingerprint density at radius 2 is 1.81 bits per heavy atom. The van der Waals surface area contributed by atoms with Crippen LogP contribution in [0.2, 0.25) is 0 Å². The number of hydrogen-bond acceptors (Lipinski definition) is 3. The minimum absolute atomic E-state index is 0.0639. The van der Waals surface area contributed by atoms with Crippen molar-refractivity contribution in [3.8, 4) is 5.75 Å². The molecule has 1 aliphatic carbocycles. The monoisotopic (exact) mass is 490 g/mol. The lowest BCUT2D eigenvalue weighted by atomic mass is 9.95. The van der Waals surface area contributed by atoms with Gasteiger partial charge in [-0.05, 0) is 79.1 Å². The first-order valence-corrected chi connectivity index (χ1v) is 12.2. The van der Waals surface area contributed by atoms with E-state index in [0.29, 0.717) is 24.1 Å². The summed E-state index contributed by atoms with van der Waals surface area (Å²) in [6, 6.07) is 8.87. The Balaban J connectivity index is 1.97. The molecule has 0 radical (unpaired) electrons. The Kier molecular flexibility index (Phi) is 8.86. The van der Waals surface area contributed by atoms with Crippen LogP contribution < -0.4 is 0 Å². The molecule has 0 aliphatic heterocycles. The van der Waals surface area contributed by atoms with E-state index >= 15 is 0 Å². The summed E-state index contributed by atoms with van der Waals surface area (Å²) in [5.41, 5.74) is 3.49. The zero-order valence-corrected chi connectivity index (χ0v) is 21.3. The molecule has 2 amide bonds. The van der Waals surface area contributed by atoms with Gasteiger partial charge in [-0.25, -0.2) is 4.39 Å². The molecule has 36 heavy (non-hydrogen) atoms. The Morgan fingerprint density at radius 1 is 1.14 bits per heavy atom. The third-order valence-electron chi connectivity index (χ3n) is 6.54. The first-order valence-electron chi connectivity index (χ1n) is 12.2. The number of carbonyl (C=O) groups excluding carboxylic acids is 2. The summed E-state index contributed by atoms with van der Waals surface area (Å²) < 4.78 is 14.8. The van der Waals surface area contributed by atoms with E-state index < -0.39 is 11.9 Å². The fraction of sp³-hybridized carbons (Fsp3) is 0.333. The quantitative estimate of drug-likeness (QED) is 0.419. The molecule has 1 atom stereocenters. The highest BCUT2D eigenvalue weighted by atomic mass is 19.1. The van der Waals surface area contributed by atoms with Gasteiger partial charge in [0.05, 0.1) is 0 Å². The molecule has 1 aliphatic rings. The van der Waals surface area contributed by atoms with E-state index in [1.807, 2.05) is 6.92 Å². The van der Waals surface area contributed by atoms with E-state index in [0.717, 1.165) is 29.5 Å². The van der Waals surface area contributed by atoms with Crippen molar-refractivity contribution in [3.05, 3.63) is 101 Å². The van der Waals surface area contributed by atoms with Crippen molar-refractivity contribution in [2.75, 3.05) is 13.6 Å². The summed E-state index contributed by atoms with van der Waals surface area (Å²) in [6.07, 6.45) is 7.37. The predicted octanol–water partition coefficient (Wildman–Crippen LogP) is 5.57. The van der Waals surface area contributed by atoms with Crippen LogP contribution in [-0.4, -0.2) is 46.4 Å². The number of aryl methyl sites for hydroxylation is 3. The summed E-state index contributed by atoms with van der Waals surface area (Å²) in [5.74, 6) is -0.660. The van der Waals surface area contributed by atoms with E-state index in [4.69, 9.17) is 0 Å². The largest absolute Gasteiger partial charge is 0.508 e. The molecule has 190 valence electrons. The number of halogens is 1. The molecule has 0 spiro atoms. The second kappa shape index (κ2) is 11.8. The van der Waals surface area contributed by atoms with Crippen LogP contribution >= 0.6 is 0 Å². The third-order valence-corrected chi connectivity index (χ3v) is 6.54. The molecule has 0 saturated heterocycles. The highest BCUT2D eigenvalue weighted by molar-refractivity contribution is 5.89. The first kappa shape index (κ1) is 26.9. The fourth-order valence-electron chi connectivity index (χ4n) is 4.39. The van der Waals surface area contributed by atoms with Gasteiger partial charge >= 0.3 is 0 Å². The molecule has 1 saturated carbocycles. The molecule has 1 fully saturated rings. The van der Waals surface area contributed by atoms with Gasteiger partial charge in [-0.2, -0.15) is 0 Å². The maximum Gasteiger partial charge on any atom is 0.250 e. The average molecular weight is 491 g/mol. The minimum Gasteiger partial charge on any atom is -0.508 e. The van der Waals surface area contributed by atoms with E-state index in [-0.39, 0.29) is 30.0 Å². The number of allylic oxidation sites excluding steroid dienone is 2. The summed E-state index contributed by atoms with van der Waals surface area (Å²) >= 11 is 0. The van der Waals surface area contributed by atoms with Gasteiger partial charge in [-0.15, -0.1) is 0 Å². The summed E-state index contributed by atoms with van der Waals surface area (Å²) in [6.45, 7) is 11.3. The van der Waals surface area contributed by atoms with Crippen LogP contribution in [-0.2, 0) is 16.0 Å². The predicted molar refractivity (Wildman–Crippen MR) is 141 cm³/mol. The number of benzene rings is 2. The molecule has 3 rings (SSSR count). The zero-order chi connectivity index (χ0) is 26.4. The second-order valence-electron chi connectivity index (χ2n) is 9.43. The van der Waals surface area contributed by atoms with Crippen molar-refractivity contribution in [2.24, 2.45) is 0 Å². The van der Waals surface area contributed by atoms with Crippen molar-refractivity contribution in [2.45, 2.75) is 51.6 Å². The Bertz CT molecular complexity index is 1170. The standard InChI is InChI=1S/C30H35FN2O3/c1-6-8-22(7-2)19-32(5)30(36)29(26-18-27(31)21(4)17-20(26)3)33(24-12-13-24)28(35)16-11-23-9-14-25(34)15-10-23/h6-10,14-15,17-18,24,29,34H,1-2,11-13,16,19H2,3-5H3/b22-8+. The highest BCUT2D eigenvalue weighted by Gasteiger charge is 2.42. The Labute approximate surface area is 213 Å². The molecular weight excluding hydrogens is 455 g/mol. The minimum atomic E-state index is -0.931. The molecule has 6 heteroatoms. The number of phenolic OH excluding ortho intramolecular Hbond substituents is 1. The average Bonchev–Trinajstić information content (AvgIpc) is 3.68. The molecular formula is C30H35FN2O3. The smallest absolute Gasteiger partial charge is 0.250 e. The topological polar surface area (TPSA) is 60.9 Å². The van der Waals surface area contributed by atoms with Gasteiger partial charge < -0.3 is 14.9 Å². The van der Waals surface area contributed by atoms with Gasteiger partial charge in [0.2, 0.25) is 11.8 Å². The SMILES string of the molecule is C=C/C=C(\C=C)CN(C)C(=O)C(c1cc(F)c(C)cc1C)N(C(=O)CCc1ccc(O)cc1)C1CC1. The van der Waals surface area contributed by atoms with Crippen LogP contribution in [0.5, 0.6) is 5.75 Å². The van der Waals surface area contributed by atoms with Crippen LogP contribution in [0.3, 0.4) is 0 Å². The van der Waals surface area contributed by atoms with Crippen molar-refractivity contribution in [1.82, 2.24) is 9.80 Å². The maximum atomic E-state index is 14.8. The Morgan fingerprint density at radius 3 is 2.39 bits per heavy atom. The molecule has 0 bridgehead atoms. The van der Waals surface area contributed by atoms with Gasteiger partial charge in [0, 0.05) is 26.1 Å². The van der Waals surface area contributed by atoms with Gasteiger partial charge in [-0.1, -0.05) is 49.6 Å². The fourth-order valence-corrected chi connectivity index (χ4v) is 4.39. The number of hydrogen-bond donors (Lipinski definition) is 1. The lowest BCUT2D eigenvalue weighted by Crippen LogP contribution is -2.46. The molecule has 2 aromatic carbocycles. The number of likely N-dealkylation sites (N-methyl/N-ethyl adjacent to an activating group) is 1. The summed E-state index contributed by atoms with van der Waals surface area (Å²) in [4.78, 5) is 30.8. The number of amides is 2. The highest BCUT2D eigenvalue weighted by Crippen LogP contribution is 2.38. The number of aromatic hydroxyl groups is 1. The molecule has 0 aromatic heterocycles. The number of carbonyl (C=O) groups is 2. The van der Waals surface area contributed by atoms with Crippen LogP contribution in [0.15, 0.2) is 73.4 Å². The number of rotatable bonds is 11. The first-order chi connectivity index (χ1) is 17.2. The molecule has 1 N–H and O–H groups in total. The lowest BCUT2D eigenvalue weighted by molar-refractivity contribution is -0.146.